The third kappa shape index (κ3) is 7.32. The topological polar surface area (TPSA) is 78.9 Å². The van der Waals surface area contributed by atoms with Crippen LogP contribution in [0.2, 0.25) is 0 Å². The number of nitrogens with zero attached hydrogens (tertiary/aromatic N) is 1. The van der Waals surface area contributed by atoms with Crippen LogP contribution in [0.25, 0.3) is 0 Å². The lowest BCUT2D eigenvalue weighted by atomic mass is 10.1. The smallest absolute Gasteiger partial charge is 0.480 e. The summed E-state index contributed by atoms with van der Waals surface area (Å²) in [6.45, 7) is 1.69. The van der Waals surface area contributed by atoms with Crippen molar-refractivity contribution in [1.82, 2.24) is 10.2 Å². The van der Waals surface area contributed by atoms with E-state index < -0.39 is 18.4 Å². The number of rotatable bonds is 8. The van der Waals surface area contributed by atoms with Crippen LogP contribution in [0.15, 0.2) is 24.3 Å². The van der Waals surface area contributed by atoms with Gasteiger partial charge in [-0.1, -0.05) is 12.1 Å². The van der Waals surface area contributed by atoms with E-state index in [0.29, 0.717) is 6.42 Å². The Bertz CT molecular complexity index is 561. The molecule has 1 aromatic carbocycles. The number of ether oxygens (including phenoxy) is 1. The predicted molar refractivity (Wildman–Crippen MR) is 79.6 cm³/mol. The van der Waals surface area contributed by atoms with Crippen LogP contribution in [0.3, 0.4) is 0 Å². The highest BCUT2D eigenvalue weighted by atomic mass is 19.4. The largest absolute Gasteiger partial charge is 0.573 e. The van der Waals surface area contributed by atoms with E-state index in [4.69, 9.17) is 5.11 Å². The van der Waals surface area contributed by atoms with Gasteiger partial charge in [-0.2, -0.15) is 0 Å². The molecule has 1 aromatic rings. The van der Waals surface area contributed by atoms with E-state index in [9.17, 15) is 22.8 Å². The number of hydrogen-bond acceptors (Lipinski definition) is 4. The molecule has 1 amide bonds. The SMILES string of the molecule is CC(C(=O)O)N(C)CC(=O)NCCc1ccc(OC(F)(F)F)cc1. The van der Waals surface area contributed by atoms with Crippen molar-refractivity contribution in [3.05, 3.63) is 29.8 Å². The molecule has 0 saturated heterocycles. The van der Waals surface area contributed by atoms with E-state index in [1.54, 1.807) is 0 Å². The van der Waals surface area contributed by atoms with Crippen LogP contribution in [0, 0.1) is 0 Å². The fraction of sp³-hybridized carbons (Fsp3) is 0.467. The summed E-state index contributed by atoms with van der Waals surface area (Å²) in [4.78, 5) is 23.9. The van der Waals surface area contributed by atoms with E-state index in [-0.39, 0.29) is 24.7 Å². The number of alkyl halides is 3. The molecule has 1 unspecified atom stereocenters. The lowest BCUT2D eigenvalue weighted by Crippen LogP contribution is -2.43. The Labute approximate surface area is 137 Å². The fourth-order valence-electron chi connectivity index (χ4n) is 1.81. The predicted octanol–water partition coefficient (Wildman–Crippen LogP) is 1.65. The highest BCUT2D eigenvalue weighted by Gasteiger charge is 2.30. The Morgan fingerprint density at radius 2 is 1.88 bits per heavy atom. The van der Waals surface area contributed by atoms with Gasteiger partial charge in [0.15, 0.2) is 0 Å². The maximum Gasteiger partial charge on any atom is 0.573 e. The quantitative estimate of drug-likeness (QED) is 0.747. The van der Waals surface area contributed by atoms with Gasteiger partial charge in [0.2, 0.25) is 5.91 Å². The van der Waals surface area contributed by atoms with Crippen LogP contribution in [-0.4, -0.2) is 54.4 Å². The van der Waals surface area contributed by atoms with Gasteiger partial charge in [-0.15, -0.1) is 13.2 Å². The molecule has 2 N–H and O–H groups in total. The molecule has 0 heterocycles. The number of amides is 1. The van der Waals surface area contributed by atoms with Crippen LogP contribution >= 0.6 is 0 Å². The minimum Gasteiger partial charge on any atom is -0.480 e. The summed E-state index contributed by atoms with van der Waals surface area (Å²) in [5.74, 6) is -1.66. The van der Waals surface area contributed by atoms with E-state index in [0.717, 1.165) is 5.56 Å². The first kappa shape index (κ1) is 19.8. The molecule has 134 valence electrons. The summed E-state index contributed by atoms with van der Waals surface area (Å²) in [5.41, 5.74) is 0.733. The second-order valence-corrected chi connectivity index (χ2v) is 5.22. The Morgan fingerprint density at radius 1 is 1.29 bits per heavy atom. The zero-order valence-corrected chi connectivity index (χ0v) is 13.3. The molecule has 6 nitrogen and oxygen atoms in total. The molecule has 0 bridgehead atoms. The number of carboxylic acids is 1. The summed E-state index contributed by atoms with van der Waals surface area (Å²) < 4.78 is 39.9. The number of benzene rings is 1. The zero-order chi connectivity index (χ0) is 18.3. The molecule has 0 aliphatic heterocycles. The first-order valence-corrected chi connectivity index (χ1v) is 7.13. The zero-order valence-electron chi connectivity index (χ0n) is 13.3. The van der Waals surface area contributed by atoms with Crippen molar-refractivity contribution < 1.29 is 32.6 Å². The van der Waals surface area contributed by atoms with Crippen molar-refractivity contribution in [2.24, 2.45) is 0 Å². The Kier molecular flexibility index (Phi) is 7.02. The first-order valence-electron chi connectivity index (χ1n) is 7.13. The number of halogens is 3. The molecular formula is C15H19F3N2O4. The minimum absolute atomic E-state index is 0.0637. The minimum atomic E-state index is -4.73. The summed E-state index contributed by atoms with van der Waals surface area (Å²) in [7, 11) is 1.53. The van der Waals surface area contributed by atoms with Crippen LogP contribution < -0.4 is 10.1 Å². The Morgan fingerprint density at radius 3 is 2.38 bits per heavy atom. The highest BCUT2D eigenvalue weighted by molar-refractivity contribution is 5.79. The second kappa shape index (κ2) is 8.53. The maximum atomic E-state index is 12.0. The van der Waals surface area contributed by atoms with E-state index in [1.807, 2.05) is 0 Å². The summed E-state index contributed by atoms with van der Waals surface area (Å²) in [6, 6.07) is 4.58. The van der Waals surface area contributed by atoms with Crippen LogP contribution in [0.1, 0.15) is 12.5 Å². The van der Waals surface area contributed by atoms with E-state index in [1.165, 1.54) is 43.1 Å². The molecule has 0 aliphatic carbocycles. The molecule has 0 saturated carbocycles. The van der Waals surface area contributed by atoms with Crippen molar-refractivity contribution in [2.45, 2.75) is 25.7 Å². The second-order valence-electron chi connectivity index (χ2n) is 5.22. The lowest BCUT2D eigenvalue weighted by Gasteiger charge is -2.20. The summed E-state index contributed by atoms with van der Waals surface area (Å²) in [5, 5.41) is 11.5. The number of carboxylic acid groups (broad SMARTS) is 1. The lowest BCUT2D eigenvalue weighted by molar-refractivity contribution is -0.274. The Balaban J connectivity index is 2.37. The number of aliphatic carboxylic acids is 1. The van der Waals surface area contributed by atoms with Gasteiger partial charge in [0.05, 0.1) is 6.54 Å². The van der Waals surface area contributed by atoms with Gasteiger partial charge in [-0.3, -0.25) is 14.5 Å². The van der Waals surface area contributed by atoms with Gasteiger partial charge in [0.1, 0.15) is 11.8 Å². The normalized spacial score (nSPS) is 12.8. The van der Waals surface area contributed by atoms with Crippen LogP contribution in [0.5, 0.6) is 5.75 Å². The van der Waals surface area contributed by atoms with Crippen molar-refractivity contribution in [3.63, 3.8) is 0 Å². The number of carbonyl (C=O) groups excluding carboxylic acids is 1. The van der Waals surface area contributed by atoms with Gasteiger partial charge in [0, 0.05) is 6.54 Å². The van der Waals surface area contributed by atoms with Gasteiger partial charge < -0.3 is 15.2 Å². The van der Waals surface area contributed by atoms with Crippen molar-refractivity contribution in [1.29, 1.82) is 0 Å². The van der Waals surface area contributed by atoms with Gasteiger partial charge >= 0.3 is 12.3 Å². The number of nitrogens with one attached hydrogen (secondary N) is 1. The van der Waals surface area contributed by atoms with Gasteiger partial charge in [0.25, 0.3) is 0 Å². The molecule has 0 radical (unpaired) electrons. The molecule has 0 aliphatic rings. The van der Waals surface area contributed by atoms with E-state index >= 15 is 0 Å². The first-order chi connectivity index (χ1) is 11.1. The van der Waals surface area contributed by atoms with E-state index in [2.05, 4.69) is 10.1 Å². The molecule has 0 fully saturated rings. The fourth-order valence-corrected chi connectivity index (χ4v) is 1.81. The average molecular weight is 348 g/mol. The molecule has 1 atom stereocenters. The van der Waals surface area contributed by atoms with Crippen LogP contribution in [-0.2, 0) is 16.0 Å². The maximum absolute atomic E-state index is 12.0. The molecule has 1 rings (SSSR count). The summed E-state index contributed by atoms with van der Waals surface area (Å²) >= 11 is 0. The monoisotopic (exact) mass is 348 g/mol. The number of hydrogen-bond donors (Lipinski definition) is 2. The summed E-state index contributed by atoms with van der Waals surface area (Å²) in [6.07, 6.45) is -4.30. The average Bonchev–Trinajstić information content (AvgIpc) is 2.46. The molecule has 0 aromatic heterocycles. The van der Waals surface area contributed by atoms with Gasteiger partial charge in [-0.25, -0.2) is 0 Å². The van der Waals surface area contributed by atoms with Crippen molar-refractivity contribution >= 4 is 11.9 Å². The molecular weight excluding hydrogens is 329 g/mol. The molecule has 9 heteroatoms. The van der Waals surface area contributed by atoms with Crippen molar-refractivity contribution in [3.8, 4) is 5.75 Å². The van der Waals surface area contributed by atoms with Gasteiger partial charge in [-0.05, 0) is 38.1 Å². The third-order valence-electron chi connectivity index (χ3n) is 3.30. The molecule has 0 spiro atoms. The standard InChI is InChI=1S/C15H19F3N2O4/c1-10(14(22)23)20(2)9-13(21)19-8-7-11-3-5-12(6-4-11)24-15(16,17)18/h3-6,10H,7-9H2,1-2H3,(H,19,21)(H,22,23). The highest BCUT2D eigenvalue weighted by Crippen LogP contribution is 2.22. The third-order valence-corrected chi connectivity index (χ3v) is 3.30. The van der Waals surface area contributed by atoms with Crippen molar-refractivity contribution in [2.75, 3.05) is 20.1 Å². The molecule has 24 heavy (non-hydrogen) atoms. The number of likely N-dealkylation sites (N-methyl/N-ethyl adjacent to an activating group) is 1. The number of carbonyl (C=O) groups is 2. The Hall–Kier alpha value is -2.29. The van der Waals surface area contributed by atoms with Crippen LogP contribution in [0.4, 0.5) is 13.2 Å².